The minimum absolute atomic E-state index is 0.185. The standard InChI is InChI=1S/C11H18O5/c1-5-15-10(11(14)16-6-2)9(7(3)12)8(4)13/h9-10H,5-6H2,1-4H3. The number of ketones is 2. The van der Waals surface area contributed by atoms with E-state index in [1.54, 1.807) is 13.8 Å². The van der Waals surface area contributed by atoms with E-state index in [9.17, 15) is 14.4 Å². The van der Waals surface area contributed by atoms with Gasteiger partial charge in [-0.1, -0.05) is 0 Å². The Morgan fingerprint density at radius 2 is 1.50 bits per heavy atom. The first-order chi connectivity index (χ1) is 7.45. The summed E-state index contributed by atoms with van der Waals surface area (Å²) in [5, 5.41) is 0. The first-order valence-electron chi connectivity index (χ1n) is 5.24. The van der Waals surface area contributed by atoms with Crippen molar-refractivity contribution >= 4 is 17.5 Å². The number of esters is 1. The van der Waals surface area contributed by atoms with E-state index >= 15 is 0 Å². The molecule has 0 radical (unpaired) electrons. The Hall–Kier alpha value is -1.23. The number of carbonyl (C=O) groups is 3. The molecule has 0 N–H and O–H groups in total. The van der Waals surface area contributed by atoms with Gasteiger partial charge in [0.1, 0.15) is 17.5 Å². The van der Waals surface area contributed by atoms with Gasteiger partial charge < -0.3 is 9.47 Å². The third-order valence-electron chi connectivity index (χ3n) is 2.04. The molecule has 0 aromatic rings. The predicted molar refractivity (Wildman–Crippen MR) is 56.9 cm³/mol. The van der Waals surface area contributed by atoms with Gasteiger partial charge in [-0.25, -0.2) is 4.79 Å². The van der Waals surface area contributed by atoms with Crippen molar-refractivity contribution in [2.24, 2.45) is 5.92 Å². The molecule has 0 amide bonds. The van der Waals surface area contributed by atoms with Crippen molar-refractivity contribution in [2.45, 2.75) is 33.8 Å². The molecule has 16 heavy (non-hydrogen) atoms. The van der Waals surface area contributed by atoms with Crippen molar-refractivity contribution in [1.82, 2.24) is 0 Å². The van der Waals surface area contributed by atoms with Crippen LogP contribution >= 0.6 is 0 Å². The maximum absolute atomic E-state index is 11.5. The summed E-state index contributed by atoms with van der Waals surface area (Å²) in [6.07, 6.45) is -1.13. The Bertz CT molecular complexity index is 258. The highest BCUT2D eigenvalue weighted by Gasteiger charge is 2.36. The van der Waals surface area contributed by atoms with E-state index in [1.165, 1.54) is 13.8 Å². The zero-order chi connectivity index (χ0) is 12.7. The SMILES string of the molecule is CCOC(=O)C(OCC)C(C(C)=O)C(C)=O. The number of hydrogen-bond acceptors (Lipinski definition) is 5. The van der Waals surface area contributed by atoms with Crippen LogP contribution in [0.1, 0.15) is 27.7 Å². The molecule has 1 atom stereocenters. The summed E-state index contributed by atoms with van der Waals surface area (Å²) in [4.78, 5) is 34.1. The Morgan fingerprint density at radius 1 is 1.00 bits per heavy atom. The summed E-state index contributed by atoms with van der Waals surface area (Å²) in [7, 11) is 0. The summed E-state index contributed by atoms with van der Waals surface area (Å²) in [6, 6.07) is 0. The van der Waals surface area contributed by atoms with E-state index in [0.717, 1.165) is 0 Å². The van der Waals surface area contributed by atoms with E-state index in [4.69, 9.17) is 9.47 Å². The van der Waals surface area contributed by atoms with Crippen LogP contribution in [-0.4, -0.2) is 36.9 Å². The topological polar surface area (TPSA) is 69.7 Å². The Kier molecular flexibility index (Phi) is 6.56. The number of rotatable bonds is 7. The first-order valence-corrected chi connectivity index (χ1v) is 5.24. The molecule has 0 aliphatic heterocycles. The monoisotopic (exact) mass is 230 g/mol. The first kappa shape index (κ1) is 14.8. The van der Waals surface area contributed by atoms with Crippen LogP contribution < -0.4 is 0 Å². The summed E-state index contributed by atoms with van der Waals surface area (Å²) >= 11 is 0. The van der Waals surface area contributed by atoms with Gasteiger partial charge in [0.05, 0.1) is 6.61 Å². The van der Waals surface area contributed by atoms with Crippen LogP contribution in [-0.2, 0) is 23.9 Å². The van der Waals surface area contributed by atoms with Crippen molar-refractivity contribution in [3.8, 4) is 0 Å². The maximum atomic E-state index is 11.5. The van der Waals surface area contributed by atoms with Crippen molar-refractivity contribution < 1.29 is 23.9 Å². The zero-order valence-electron chi connectivity index (χ0n) is 10.1. The smallest absolute Gasteiger partial charge is 0.336 e. The van der Waals surface area contributed by atoms with E-state index < -0.39 is 18.0 Å². The predicted octanol–water partition coefficient (Wildman–Crippen LogP) is 0.749. The third-order valence-corrected chi connectivity index (χ3v) is 2.04. The minimum Gasteiger partial charge on any atom is -0.464 e. The van der Waals surface area contributed by atoms with E-state index in [1.807, 2.05) is 0 Å². The van der Waals surface area contributed by atoms with Crippen LogP contribution in [0.2, 0.25) is 0 Å². The molecule has 92 valence electrons. The number of hydrogen-bond donors (Lipinski definition) is 0. The maximum Gasteiger partial charge on any atom is 0.336 e. The Morgan fingerprint density at radius 3 is 1.81 bits per heavy atom. The van der Waals surface area contributed by atoms with Gasteiger partial charge >= 0.3 is 5.97 Å². The molecule has 0 spiro atoms. The summed E-state index contributed by atoms with van der Waals surface area (Å²) in [5.74, 6) is -2.52. The fourth-order valence-corrected chi connectivity index (χ4v) is 1.42. The number of carbonyl (C=O) groups excluding carboxylic acids is 3. The molecule has 0 heterocycles. The summed E-state index contributed by atoms with van der Waals surface area (Å²) < 4.78 is 9.89. The highest BCUT2D eigenvalue weighted by molar-refractivity contribution is 6.04. The van der Waals surface area contributed by atoms with Crippen molar-refractivity contribution in [2.75, 3.05) is 13.2 Å². The molecular formula is C11H18O5. The number of ether oxygens (including phenoxy) is 2. The van der Waals surface area contributed by atoms with Gasteiger partial charge in [-0.3, -0.25) is 9.59 Å². The second-order valence-electron chi connectivity index (χ2n) is 3.33. The molecule has 0 fully saturated rings. The molecule has 0 aromatic heterocycles. The Labute approximate surface area is 95.1 Å². The molecule has 1 unspecified atom stereocenters. The third kappa shape index (κ3) is 4.10. The van der Waals surface area contributed by atoms with Gasteiger partial charge in [0.25, 0.3) is 0 Å². The van der Waals surface area contributed by atoms with Crippen LogP contribution in [0.25, 0.3) is 0 Å². The number of Topliss-reactive ketones (excluding diaryl/α,β-unsaturated/α-hetero) is 2. The highest BCUT2D eigenvalue weighted by Crippen LogP contribution is 2.13. The Balaban J connectivity index is 4.91. The summed E-state index contributed by atoms with van der Waals surface area (Å²) in [5.41, 5.74) is 0. The molecule has 0 saturated carbocycles. The van der Waals surface area contributed by atoms with Crippen LogP contribution in [0.3, 0.4) is 0 Å². The normalized spacial score (nSPS) is 12.3. The van der Waals surface area contributed by atoms with Gasteiger partial charge in [0.15, 0.2) is 6.10 Å². The average molecular weight is 230 g/mol. The quantitative estimate of drug-likeness (QED) is 0.477. The van der Waals surface area contributed by atoms with Crippen LogP contribution in [0.4, 0.5) is 0 Å². The van der Waals surface area contributed by atoms with E-state index in [2.05, 4.69) is 0 Å². The molecular weight excluding hydrogens is 212 g/mol. The van der Waals surface area contributed by atoms with Crippen LogP contribution in [0.5, 0.6) is 0 Å². The lowest BCUT2D eigenvalue weighted by Crippen LogP contribution is -2.41. The van der Waals surface area contributed by atoms with Gasteiger partial charge in [0, 0.05) is 6.61 Å². The summed E-state index contributed by atoms with van der Waals surface area (Å²) in [6.45, 7) is 6.28. The fourth-order valence-electron chi connectivity index (χ4n) is 1.42. The van der Waals surface area contributed by atoms with Gasteiger partial charge in [0.2, 0.25) is 0 Å². The molecule has 5 heteroatoms. The van der Waals surface area contributed by atoms with Crippen molar-refractivity contribution in [3.63, 3.8) is 0 Å². The van der Waals surface area contributed by atoms with Crippen molar-refractivity contribution in [1.29, 1.82) is 0 Å². The van der Waals surface area contributed by atoms with Gasteiger partial charge in [-0.15, -0.1) is 0 Å². The van der Waals surface area contributed by atoms with Crippen molar-refractivity contribution in [3.05, 3.63) is 0 Å². The fraction of sp³-hybridized carbons (Fsp3) is 0.727. The highest BCUT2D eigenvalue weighted by atomic mass is 16.6. The lowest BCUT2D eigenvalue weighted by molar-refractivity contribution is -0.165. The van der Waals surface area contributed by atoms with E-state index in [-0.39, 0.29) is 24.8 Å². The molecule has 0 saturated heterocycles. The second kappa shape index (κ2) is 7.11. The van der Waals surface area contributed by atoms with Crippen LogP contribution in [0.15, 0.2) is 0 Å². The molecule has 0 aromatic carbocycles. The van der Waals surface area contributed by atoms with Gasteiger partial charge in [-0.05, 0) is 27.7 Å². The molecule has 0 aliphatic carbocycles. The lowest BCUT2D eigenvalue weighted by atomic mass is 9.94. The largest absolute Gasteiger partial charge is 0.464 e. The molecule has 0 aliphatic rings. The minimum atomic E-state index is -1.13. The molecule has 0 rings (SSSR count). The zero-order valence-corrected chi connectivity index (χ0v) is 10.1. The average Bonchev–Trinajstić information content (AvgIpc) is 2.16. The van der Waals surface area contributed by atoms with Crippen LogP contribution in [0, 0.1) is 5.92 Å². The lowest BCUT2D eigenvalue weighted by Gasteiger charge is -2.21. The molecule has 5 nitrogen and oxygen atoms in total. The molecule has 0 bridgehead atoms. The van der Waals surface area contributed by atoms with E-state index in [0.29, 0.717) is 0 Å². The second-order valence-corrected chi connectivity index (χ2v) is 3.33. The van der Waals surface area contributed by atoms with Gasteiger partial charge in [-0.2, -0.15) is 0 Å².